The highest BCUT2D eigenvalue weighted by atomic mass is 35.5. The fourth-order valence-corrected chi connectivity index (χ4v) is 2.95. The van der Waals surface area contributed by atoms with Crippen LogP contribution in [0.1, 0.15) is 13.3 Å². The van der Waals surface area contributed by atoms with Gasteiger partial charge in [0, 0.05) is 25.3 Å². The lowest BCUT2D eigenvalue weighted by Gasteiger charge is -2.19. The minimum absolute atomic E-state index is 0.0312. The number of anilines is 1. The molecule has 0 fully saturated rings. The lowest BCUT2D eigenvalue weighted by atomic mass is 10.3. The molecule has 8 nitrogen and oxygen atoms in total. The Balaban J connectivity index is 2.32. The molecule has 0 bridgehead atoms. The van der Waals surface area contributed by atoms with Crippen molar-refractivity contribution in [3.05, 3.63) is 40.8 Å². The standard InChI is InChI=1S/C14H16ClFN4O4S/c1-3-19(13(21)4-5-25(2,23)24)12-9-20(17-14(12)15)11-6-10(16)7-18(22)8-11/h6-9H,3-5H2,1-2H3. The molecular weight excluding hydrogens is 375 g/mol. The molecule has 11 heteroatoms. The zero-order valence-corrected chi connectivity index (χ0v) is 15.1. The van der Waals surface area contributed by atoms with Crippen LogP contribution in [0.25, 0.3) is 5.69 Å². The number of carbonyl (C=O) groups is 1. The Kier molecular flexibility index (Phi) is 5.63. The molecule has 0 atom stereocenters. The van der Waals surface area contributed by atoms with Gasteiger partial charge in [-0.2, -0.15) is 9.83 Å². The second kappa shape index (κ2) is 7.36. The Hall–Kier alpha value is -2.20. The Labute approximate surface area is 148 Å². The quantitative estimate of drug-likeness (QED) is 0.543. The predicted octanol–water partition coefficient (Wildman–Crippen LogP) is 1.09. The summed E-state index contributed by atoms with van der Waals surface area (Å²) in [6, 6.07) is 1.09. The number of aromatic nitrogens is 3. The van der Waals surface area contributed by atoms with Crippen LogP contribution < -0.4 is 9.63 Å². The Morgan fingerprint density at radius 3 is 2.72 bits per heavy atom. The normalized spacial score (nSPS) is 11.5. The van der Waals surface area contributed by atoms with E-state index in [1.54, 1.807) is 6.92 Å². The molecule has 0 saturated carbocycles. The van der Waals surface area contributed by atoms with Gasteiger partial charge in [0.2, 0.25) is 18.3 Å². The number of rotatable bonds is 6. The van der Waals surface area contributed by atoms with Crippen molar-refractivity contribution in [1.82, 2.24) is 9.78 Å². The van der Waals surface area contributed by atoms with Crippen LogP contribution in [0.4, 0.5) is 10.1 Å². The molecule has 2 aromatic rings. The maximum atomic E-state index is 13.4. The first-order valence-corrected chi connectivity index (χ1v) is 9.67. The van der Waals surface area contributed by atoms with E-state index in [-0.39, 0.29) is 40.0 Å². The van der Waals surface area contributed by atoms with Crippen LogP contribution >= 0.6 is 11.6 Å². The average molecular weight is 391 g/mol. The number of hydrogen-bond acceptors (Lipinski definition) is 5. The van der Waals surface area contributed by atoms with E-state index in [4.69, 9.17) is 11.6 Å². The first-order chi connectivity index (χ1) is 11.6. The molecule has 0 aliphatic rings. The Morgan fingerprint density at radius 2 is 2.16 bits per heavy atom. The second-order valence-electron chi connectivity index (χ2n) is 5.34. The molecule has 0 radical (unpaired) electrons. The number of sulfone groups is 1. The van der Waals surface area contributed by atoms with Gasteiger partial charge in [-0.25, -0.2) is 17.5 Å². The van der Waals surface area contributed by atoms with Gasteiger partial charge in [0.05, 0.1) is 11.9 Å². The third-order valence-electron chi connectivity index (χ3n) is 3.31. The largest absolute Gasteiger partial charge is 0.619 e. The van der Waals surface area contributed by atoms with Crippen LogP contribution in [0.3, 0.4) is 0 Å². The van der Waals surface area contributed by atoms with Crippen LogP contribution in [-0.2, 0) is 14.6 Å². The van der Waals surface area contributed by atoms with Crippen molar-refractivity contribution in [3.8, 4) is 5.69 Å². The first-order valence-electron chi connectivity index (χ1n) is 7.23. The third-order valence-corrected chi connectivity index (χ3v) is 4.52. The smallest absolute Gasteiger partial charge is 0.228 e. The van der Waals surface area contributed by atoms with E-state index in [1.165, 1.54) is 15.8 Å². The number of nitrogens with zero attached hydrogens (tertiary/aromatic N) is 4. The molecule has 0 saturated heterocycles. The van der Waals surface area contributed by atoms with Crippen molar-refractivity contribution in [1.29, 1.82) is 0 Å². The topological polar surface area (TPSA) is 99.2 Å². The van der Waals surface area contributed by atoms with Crippen molar-refractivity contribution in [2.75, 3.05) is 23.5 Å². The third kappa shape index (κ3) is 4.89. The summed E-state index contributed by atoms with van der Waals surface area (Å²) in [5, 5.41) is 15.3. The van der Waals surface area contributed by atoms with Crippen LogP contribution in [0.5, 0.6) is 0 Å². The van der Waals surface area contributed by atoms with Gasteiger partial charge in [0.25, 0.3) is 0 Å². The summed E-state index contributed by atoms with van der Waals surface area (Å²) in [6.45, 7) is 1.93. The van der Waals surface area contributed by atoms with Gasteiger partial charge in [-0.1, -0.05) is 11.6 Å². The monoisotopic (exact) mass is 390 g/mol. The Morgan fingerprint density at radius 1 is 1.48 bits per heavy atom. The van der Waals surface area contributed by atoms with E-state index in [9.17, 15) is 22.8 Å². The van der Waals surface area contributed by atoms with Crippen molar-refractivity contribution in [2.24, 2.45) is 0 Å². The molecule has 25 heavy (non-hydrogen) atoms. The van der Waals surface area contributed by atoms with Crippen LogP contribution in [0.15, 0.2) is 24.7 Å². The summed E-state index contributed by atoms with van der Waals surface area (Å²) >= 11 is 6.06. The molecule has 1 amide bonds. The van der Waals surface area contributed by atoms with Gasteiger partial charge in [0.1, 0.15) is 21.2 Å². The fourth-order valence-electron chi connectivity index (χ4n) is 2.18. The summed E-state index contributed by atoms with van der Waals surface area (Å²) in [5.41, 5.74) is 0.368. The minimum atomic E-state index is -3.28. The summed E-state index contributed by atoms with van der Waals surface area (Å²) in [4.78, 5) is 13.6. The Bertz CT molecular complexity index is 880. The van der Waals surface area contributed by atoms with E-state index in [0.717, 1.165) is 24.7 Å². The zero-order chi connectivity index (χ0) is 18.8. The van der Waals surface area contributed by atoms with Gasteiger partial charge in [-0.05, 0) is 6.92 Å². The number of pyridine rings is 1. The molecule has 2 aromatic heterocycles. The molecule has 0 unspecified atom stereocenters. The summed E-state index contributed by atoms with van der Waals surface area (Å²) in [5.74, 6) is -1.47. The SMILES string of the molecule is CCN(C(=O)CCS(C)(=O)=O)c1cn(-c2cc(F)c[n+]([O-])c2)nc1Cl. The highest BCUT2D eigenvalue weighted by Crippen LogP contribution is 2.26. The molecule has 0 aliphatic carbocycles. The van der Waals surface area contributed by atoms with Gasteiger partial charge in [-0.15, -0.1) is 0 Å². The maximum absolute atomic E-state index is 13.4. The number of carbonyl (C=O) groups excluding carboxylic acids is 1. The van der Waals surface area contributed by atoms with Crippen molar-refractivity contribution >= 4 is 33.0 Å². The predicted molar refractivity (Wildman–Crippen MR) is 89.8 cm³/mol. The molecule has 2 rings (SSSR count). The first kappa shape index (κ1) is 19.1. The van der Waals surface area contributed by atoms with E-state index in [1.807, 2.05) is 0 Å². The van der Waals surface area contributed by atoms with Gasteiger partial charge in [0.15, 0.2) is 11.0 Å². The van der Waals surface area contributed by atoms with E-state index >= 15 is 0 Å². The van der Waals surface area contributed by atoms with E-state index < -0.39 is 21.6 Å². The van der Waals surface area contributed by atoms with Crippen LogP contribution in [0, 0.1) is 11.0 Å². The summed E-state index contributed by atoms with van der Waals surface area (Å²) < 4.78 is 37.3. The van der Waals surface area contributed by atoms with Gasteiger partial charge < -0.3 is 10.1 Å². The molecular formula is C14H16ClFN4O4S. The molecule has 136 valence electrons. The highest BCUT2D eigenvalue weighted by Gasteiger charge is 2.22. The number of amides is 1. The van der Waals surface area contributed by atoms with E-state index in [2.05, 4.69) is 5.10 Å². The molecule has 0 aliphatic heterocycles. The molecule has 0 N–H and O–H groups in total. The summed E-state index contributed by atoms with van der Waals surface area (Å²) in [6.07, 6.45) is 4.07. The van der Waals surface area contributed by atoms with Gasteiger partial charge >= 0.3 is 0 Å². The highest BCUT2D eigenvalue weighted by molar-refractivity contribution is 7.90. The lowest BCUT2D eigenvalue weighted by Crippen LogP contribution is -2.31. The number of halogens is 2. The lowest BCUT2D eigenvalue weighted by molar-refractivity contribution is -0.606. The minimum Gasteiger partial charge on any atom is -0.619 e. The average Bonchev–Trinajstić information content (AvgIpc) is 2.86. The fraction of sp³-hybridized carbons (Fsp3) is 0.357. The zero-order valence-electron chi connectivity index (χ0n) is 13.5. The van der Waals surface area contributed by atoms with Crippen LogP contribution in [-0.4, -0.2) is 42.7 Å². The maximum Gasteiger partial charge on any atom is 0.228 e. The molecule has 0 spiro atoms. The molecule has 0 aromatic carbocycles. The molecule has 2 heterocycles. The van der Waals surface area contributed by atoms with Crippen molar-refractivity contribution in [2.45, 2.75) is 13.3 Å². The van der Waals surface area contributed by atoms with Crippen LogP contribution in [0.2, 0.25) is 5.15 Å². The summed E-state index contributed by atoms with van der Waals surface area (Å²) in [7, 11) is -3.28. The van der Waals surface area contributed by atoms with E-state index in [0.29, 0.717) is 0 Å². The van der Waals surface area contributed by atoms with Crippen molar-refractivity contribution in [3.63, 3.8) is 0 Å². The van der Waals surface area contributed by atoms with Crippen molar-refractivity contribution < 1.29 is 22.3 Å². The number of hydrogen-bond donors (Lipinski definition) is 0. The second-order valence-corrected chi connectivity index (χ2v) is 7.96. The van der Waals surface area contributed by atoms with Gasteiger partial charge in [-0.3, -0.25) is 4.79 Å².